The zero-order chi connectivity index (χ0) is 9.52. The van der Waals surface area contributed by atoms with Crippen LogP contribution in [0.15, 0.2) is 35.5 Å². The molecule has 1 aromatic rings. The standard InChI is InChI=1S/C10H12ClNO/c1-13-12-10(7-8-11)9-5-3-2-4-6-9/h2-6H,7-8H2,1H3. The fourth-order valence-electron chi connectivity index (χ4n) is 1.07. The normalized spacial score (nSPS) is 11.4. The van der Waals surface area contributed by atoms with Gasteiger partial charge in [-0.15, -0.1) is 11.6 Å². The molecule has 0 spiro atoms. The van der Waals surface area contributed by atoms with Gasteiger partial charge in [0.15, 0.2) is 0 Å². The summed E-state index contributed by atoms with van der Waals surface area (Å²) in [4.78, 5) is 4.74. The van der Waals surface area contributed by atoms with Crippen molar-refractivity contribution >= 4 is 17.3 Å². The lowest BCUT2D eigenvalue weighted by atomic mass is 10.1. The van der Waals surface area contributed by atoms with Crippen molar-refractivity contribution in [1.82, 2.24) is 0 Å². The van der Waals surface area contributed by atoms with Crippen molar-refractivity contribution < 1.29 is 4.84 Å². The number of rotatable bonds is 4. The number of hydrogen-bond donors (Lipinski definition) is 0. The summed E-state index contributed by atoms with van der Waals surface area (Å²) in [5, 5.41) is 3.92. The van der Waals surface area contributed by atoms with Crippen LogP contribution in [0.4, 0.5) is 0 Å². The van der Waals surface area contributed by atoms with Gasteiger partial charge < -0.3 is 4.84 Å². The van der Waals surface area contributed by atoms with Crippen LogP contribution in [0.3, 0.4) is 0 Å². The Morgan fingerprint density at radius 3 is 2.62 bits per heavy atom. The maximum absolute atomic E-state index is 5.65. The third-order valence-electron chi connectivity index (χ3n) is 1.64. The Morgan fingerprint density at radius 1 is 1.38 bits per heavy atom. The molecule has 0 atom stereocenters. The lowest BCUT2D eigenvalue weighted by Gasteiger charge is -2.02. The summed E-state index contributed by atoms with van der Waals surface area (Å²) < 4.78 is 0. The largest absolute Gasteiger partial charge is 0.399 e. The minimum absolute atomic E-state index is 0.553. The first-order valence-electron chi connectivity index (χ1n) is 4.10. The second-order valence-electron chi connectivity index (χ2n) is 2.53. The molecule has 70 valence electrons. The van der Waals surface area contributed by atoms with Gasteiger partial charge in [0, 0.05) is 12.3 Å². The second kappa shape index (κ2) is 5.60. The minimum Gasteiger partial charge on any atom is -0.399 e. The minimum atomic E-state index is 0.553. The third-order valence-corrected chi connectivity index (χ3v) is 1.83. The molecule has 0 aliphatic rings. The molecule has 0 aliphatic heterocycles. The summed E-state index contributed by atoms with van der Waals surface area (Å²) in [7, 11) is 1.54. The molecule has 0 saturated heterocycles. The fourth-order valence-corrected chi connectivity index (χ4v) is 1.25. The highest BCUT2D eigenvalue weighted by Gasteiger charge is 2.01. The van der Waals surface area contributed by atoms with Gasteiger partial charge >= 0.3 is 0 Å². The maximum atomic E-state index is 5.65. The van der Waals surface area contributed by atoms with E-state index >= 15 is 0 Å². The first-order chi connectivity index (χ1) is 6.38. The first kappa shape index (κ1) is 10.1. The van der Waals surface area contributed by atoms with E-state index in [0.29, 0.717) is 5.88 Å². The zero-order valence-corrected chi connectivity index (χ0v) is 8.29. The van der Waals surface area contributed by atoms with Crippen molar-refractivity contribution in [2.24, 2.45) is 5.16 Å². The number of oxime groups is 1. The van der Waals surface area contributed by atoms with E-state index in [0.717, 1.165) is 17.7 Å². The molecular weight excluding hydrogens is 186 g/mol. The van der Waals surface area contributed by atoms with E-state index in [9.17, 15) is 0 Å². The quantitative estimate of drug-likeness (QED) is 0.413. The van der Waals surface area contributed by atoms with Gasteiger partial charge in [-0.25, -0.2) is 0 Å². The van der Waals surface area contributed by atoms with Crippen LogP contribution in [0.5, 0.6) is 0 Å². The summed E-state index contributed by atoms with van der Waals surface area (Å²) in [6.07, 6.45) is 0.722. The van der Waals surface area contributed by atoms with Gasteiger partial charge in [0.05, 0.1) is 5.71 Å². The Bertz CT molecular complexity index is 272. The molecule has 13 heavy (non-hydrogen) atoms. The molecule has 0 fully saturated rings. The summed E-state index contributed by atoms with van der Waals surface area (Å²) in [6, 6.07) is 9.88. The van der Waals surface area contributed by atoms with E-state index in [1.165, 1.54) is 7.11 Å². The summed E-state index contributed by atoms with van der Waals surface area (Å²) >= 11 is 5.65. The zero-order valence-electron chi connectivity index (χ0n) is 7.53. The molecule has 0 N–H and O–H groups in total. The molecule has 1 rings (SSSR count). The molecule has 0 heterocycles. The fraction of sp³-hybridized carbons (Fsp3) is 0.300. The van der Waals surface area contributed by atoms with E-state index in [-0.39, 0.29) is 0 Å². The number of nitrogens with zero attached hydrogens (tertiary/aromatic N) is 1. The average Bonchev–Trinajstić information content (AvgIpc) is 2.19. The van der Waals surface area contributed by atoms with Gasteiger partial charge in [-0.1, -0.05) is 35.5 Å². The Balaban J connectivity index is 2.83. The lowest BCUT2D eigenvalue weighted by molar-refractivity contribution is 0.213. The number of halogens is 1. The molecule has 2 nitrogen and oxygen atoms in total. The van der Waals surface area contributed by atoms with Crippen molar-refractivity contribution in [3.63, 3.8) is 0 Å². The van der Waals surface area contributed by atoms with Crippen molar-refractivity contribution in [2.75, 3.05) is 13.0 Å². The van der Waals surface area contributed by atoms with Gasteiger partial charge in [0.25, 0.3) is 0 Å². The lowest BCUT2D eigenvalue weighted by Crippen LogP contribution is -2.02. The number of benzene rings is 1. The van der Waals surface area contributed by atoms with Gasteiger partial charge in [-0.3, -0.25) is 0 Å². The highest BCUT2D eigenvalue weighted by molar-refractivity contribution is 6.20. The molecule has 0 aromatic heterocycles. The highest BCUT2D eigenvalue weighted by Crippen LogP contribution is 2.05. The van der Waals surface area contributed by atoms with Crippen molar-refractivity contribution in [2.45, 2.75) is 6.42 Å². The second-order valence-corrected chi connectivity index (χ2v) is 2.90. The molecule has 3 heteroatoms. The molecule has 0 aliphatic carbocycles. The van der Waals surface area contributed by atoms with Crippen molar-refractivity contribution in [3.8, 4) is 0 Å². The van der Waals surface area contributed by atoms with E-state index in [1.807, 2.05) is 30.3 Å². The molecule has 1 aromatic carbocycles. The van der Waals surface area contributed by atoms with Crippen LogP contribution < -0.4 is 0 Å². The van der Waals surface area contributed by atoms with Gasteiger partial charge in [-0.05, 0) is 5.56 Å². The Labute approximate surface area is 83.2 Å². The number of hydrogen-bond acceptors (Lipinski definition) is 2. The van der Waals surface area contributed by atoms with Crippen LogP contribution in [0, 0.1) is 0 Å². The van der Waals surface area contributed by atoms with E-state index in [1.54, 1.807) is 0 Å². The molecule has 0 radical (unpaired) electrons. The van der Waals surface area contributed by atoms with E-state index in [4.69, 9.17) is 16.4 Å². The SMILES string of the molecule is CON=C(CCCl)c1ccccc1. The predicted molar refractivity (Wildman–Crippen MR) is 55.3 cm³/mol. The number of alkyl halides is 1. The van der Waals surface area contributed by atoms with Gasteiger partial charge in [0.2, 0.25) is 0 Å². The maximum Gasteiger partial charge on any atom is 0.106 e. The van der Waals surface area contributed by atoms with Crippen LogP contribution >= 0.6 is 11.6 Å². The smallest absolute Gasteiger partial charge is 0.106 e. The Kier molecular flexibility index (Phi) is 4.33. The summed E-state index contributed by atoms with van der Waals surface area (Å²) in [6.45, 7) is 0. The van der Waals surface area contributed by atoms with Gasteiger partial charge in [0.1, 0.15) is 7.11 Å². The molecular formula is C10H12ClNO. The summed E-state index contributed by atoms with van der Waals surface area (Å²) in [5.74, 6) is 0.553. The first-order valence-corrected chi connectivity index (χ1v) is 4.63. The molecule has 0 saturated carbocycles. The predicted octanol–water partition coefficient (Wildman–Crippen LogP) is 2.67. The molecule has 0 unspecified atom stereocenters. The van der Waals surface area contributed by atoms with Crippen molar-refractivity contribution in [3.05, 3.63) is 35.9 Å². The summed E-state index contributed by atoms with van der Waals surface area (Å²) in [5.41, 5.74) is 1.95. The molecule has 0 amide bonds. The van der Waals surface area contributed by atoms with Crippen LogP contribution in [0.2, 0.25) is 0 Å². The average molecular weight is 198 g/mol. The third kappa shape index (κ3) is 3.07. The monoisotopic (exact) mass is 197 g/mol. The Hall–Kier alpha value is -1.02. The van der Waals surface area contributed by atoms with Crippen LogP contribution in [-0.2, 0) is 4.84 Å². The highest BCUT2D eigenvalue weighted by atomic mass is 35.5. The van der Waals surface area contributed by atoms with E-state index in [2.05, 4.69) is 5.16 Å². The van der Waals surface area contributed by atoms with Crippen molar-refractivity contribution in [1.29, 1.82) is 0 Å². The van der Waals surface area contributed by atoms with E-state index < -0.39 is 0 Å². The van der Waals surface area contributed by atoms with Gasteiger partial charge in [-0.2, -0.15) is 0 Å². The Morgan fingerprint density at radius 2 is 2.08 bits per heavy atom. The topological polar surface area (TPSA) is 21.6 Å². The van der Waals surface area contributed by atoms with Crippen LogP contribution in [0.1, 0.15) is 12.0 Å². The van der Waals surface area contributed by atoms with Crippen LogP contribution in [0.25, 0.3) is 0 Å². The molecule has 0 bridgehead atoms. The van der Waals surface area contributed by atoms with Crippen LogP contribution in [-0.4, -0.2) is 18.7 Å².